The average molecular weight is 464 g/mol. The van der Waals surface area contributed by atoms with Crippen molar-refractivity contribution < 1.29 is 13.5 Å². The molecule has 0 atom stereocenters. The highest BCUT2D eigenvalue weighted by Crippen LogP contribution is 2.37. The summed E-state index contributed by atoms with van der Waals surface area (Å²) < 4.78 is 27.1. The van der Waals surface area contributed by atoms with E-state index in [0.717, 1.165) is 42.9 Å². The summed E-state index contributed by atoms with van der Waals surface area (Å²) in [6.45, 7) is 1.70. The van der Waals surface area contributed by atoms with Gasteiger partial charge in [0.25, 0.3) is 0 Å². The van der Waals surface area contributed by atoms with Crippen molar-refractivity contribution in [3.63, 3.8) is 0 Å². The number of phenols is 1. The molecule has 9 heteroatoms. The zero-order chi connectivity index (χ0) is 22.8. The van der Waals surface area contributed by atoms with Gasteiger partial charge in [-0.25, -0.2) is 13.4 Å². The second kappa shape index (κ2) is 8.84. The van der Waals surface area contributed by atoms with E-state index < -0.39 is 10.0 Å². The van der Waals surface area contributed by atoms with Crippen molar-refractivity contribution in [3.05, 3.63) is 72.4 Å². The predicted molar refractivity (Wildman–Crippen MR) is 128 cm³/mol. The highest BCUT2D eigenvalue weighted by Gasteiger charge is 2.24. The number of fused-ring (bicyclic) bond motifs is 1. The van der Waals surface area contributed by atoms with Crippen LogP contribution in [0.25, 0.3) is 0 Å². The number of hydrogen-bond donors (Lipinski definition) is 2. The molecule has 0 unspecified atom stereocenters. The molecular formula is C24H25N5O3S. The summed E-state index contributed by atoms with van der Waals surface area (Å²) in [6.07, 6.45) is 8.04. The third-order valence-electron chi connectivity index (χ3n) is 5.91. The van der Waals surface area contributed by atoms with Crippen molar-refractivity contribution in [2.75, 3.05) is 29.9 Å². The van der Waals surface area contributed by atoms with Gasteiger partial charge < -0.3 is 15.3 Å². The first-order chi connectivity index (χ1) is 16.0. The van der Waals surface area contributed by atoms with Crippen LogP contribution in [0.2, 0.25) is 0 Å². The molecule has 33 heavy (non-hydrogen) atoms. The van der Waals surface area contributed by atoms with E-state index in [4.69, 9.17) is 0 Å². The number of aromatic nitrogens is 2. The van der Waals surface area contributed by atoms with Crippen molar-refractivity contribution in [3.8, 4) is 5.75 Å². The molecule has 8 nitrogen and oxygen atoms in total. The first kappa shape index (κ1) is 21.4. The molecule has 2 aliphatic rings. The van der Waals surface area contributed by atoms with Gasteiger partial charge in [-0.15, -0.1) is 0 Å². The van der Waals surface area contributed by atoms with Gasteiger partial charge in [0.15, 0.2) is 0 Å². The Morgan fingerprint density at radius 2 is 1.85 bits per heavy atom. The predicted octanol–water partition coefficient (Wildman–Crippen LogP) is 3.96. The molecule has 0 amide bonds. The van der Waals surface area contributed by atoms with Crippen LogP contribution < -0.4 is 10.2 Å². The van der Waals surface area contributed by atoms with E-state index in [1.165, 1.54) is 4.31 Å². The van der Waals surface area contributed by atoms with Gasteiger partial charge in [0.2, 0.25) is 16.0 Å². The summed E-state index contributed by atoms with van der Waals surface area (Å²) in [5.74, 6) is 1.45. The van der Waals surface area contributed by atoms with Crippen molar-refractivity contribution in [2.24, 2.45) is 0 Å². The molecule has 3 aromatic rings. The smallest absolute Gasteiger partial charge is 0.243 e. The maximum absolute atomic E-state index is 12.8. The minimum Gasteiger partial charge on any atom is -0.508 e. The van der Waals surface area contributed by atoms with Gasteiger partial charge in [-0.1, -0.05) is 18.2 Å². The molecule has 5 rings (SSSR count). The molecule has 2 aromatic carbocycles. The van der Waals surface area contributed by atoms with Crippen molar-refractivity contribution in [2.45, 2.75) is 24.2 Å². The third kappa shape index (κ3) is 4.29. The maximum atomic E-state index is 12.8. The summed E-state index contributed by atoms with van der Waals surface area (Å²) in [6, 6.07) is 14.0. The zero-order valence-corrected chi connectivity index (χ0v) is 18.9. The van der Waals surface area contributed by atoms with Crippen molar-refractivity contribution in [1.82, 2.24) is 14.3 Å². The summed E-state index contributed by atoms with van der Waals surface area (Å²) in [7, 11) is -3.51. The maximum Gasteiger partial charge on any atom is 0.243 e. The number of phenolic OH excluding ortho intramolecular Hbond substituents is 1. The Morgan fingerprint density at radius 3 is 2.64 bits per heavy atom. The molecule has 0 bridgehead atoms. The lowest BCUT2D eigenvalue weighted by Gasteiger charge is -2.30. The molecule has 2 N–H and O–H groups in total. The van der Waals surface area contributed by atoms with Crippen LogP contribution in [0.4, 0.5) is 23.1 Å². The van der Waals surface area contributed by atoms with Crippen molar-refractivity contribution in [1.29, 1.82) is 0 Å². The van der Waals surface area contributed by atoms with Gasteiger partial charge >= 0.3 is 0 Å². The quantitative estimate of drug-likeness (QED) is 0.553. The highest BCUT2D eigenvalue weighted by atomic mass is 32.2. The standard InChI is InChI=1S/C24H25N5O3S/c30-22-8-4-7-21-20(22)6-5-17-29(21)23-13-14-25-24(27-23)26-18-9-11-19(12-10-18)33(31,32)28-15-2-1-3-16-28/h1-2,4,7-14,30H,3,5-6,15-17H2,(H,25,26,27). The lowest BCUT2D eigenvalue weighted by molar-refractivity contribution is 0.437. The van der Waals surface area contributed by atoms with E-state index >= 15 is 0 Å². The lowest BCUT2D eigenvalue weighted by Crippen LogP contribution is -2.33. The first-order valence-electron chi connectivity index (χ1n) is 11.0. The second-order valence-corrected chi connectivity index (χ2v) is 9.98. The molecule has 0 fully saturated rings. The Kier molecular flexibility index (Phi) is 5.74. The molecule has 0 spiro atoms. The summed E-state index contributed by atoms with van der Waals surface area (Å²) >= 11 is 0. The lowest BCUT2D eigenvalue weighted by atomic mass is 10.0. The largest absolute Gasteiger partial charge is 0.508 e. The van der Waals surface area contributed by atoms with Gasteiger partial charge in [0, 0.05) is 42.8 Å². The fourth-order valence-electron chi connectivity index (χ4n) is 4.23. The fourth-order valence-corrected chi connectivity index (χ4v) is 5.64. The summed E-state index contributed by atoms with van der Waals surface area (Å²) in [4.78, 5) is 11.3. The van der Waals surface area contributed by atoms with Crippen LogP contribution in [0.5, 0.6) is 5.75 Å². The number of nitrogens with zero attached hydrogens (tertiary/aromatic N) is 4. The van der Waals surface area contributed by atoms with Crippen LogP contribution >= 0.6 is 0 Å². The number of aromatic hydroxyl groups is 1. The molecule has 3 heterocycles. The Morgan fingerprint density at radius 1 is 1.00 bits per heavy atom. The number of rotatable bonds is 5. The van der Waals surface area contributed by atoms with Gasteiger partial charge in [0.05, 0.1) is 4.90 Å². The van der Waals surface area contributed by atoms with E-state index in [2.05, 4.69) is 20.2 Å². The molecule has 0 radical (unpaired) electrons. The number of nitrogens with one attached hydrogen (secondary N) is 1. The SMILES string of the molecule is O=S(=O)(c1ccc(Nc2nccc(N3CCCc4c(O)cccc43)n2)cc1)N1CC=CCC1. The average Bonchev–Trinajstić information content (AvgIpc) is 2.85. The highest BCUT2D eigenvalue weighted by molar-refractivity contribution is 7.89. The van der Waals surface area contributed by atoms with E-state index in [1.807, 2.05) is 30.4 Å². The van der Waals surface area contributed by atoms with Crippen LogP contribution in [0, 0.1) is 0 Å². The van der Waals surface area contributed by atoms with E-state index in [0.29, 0.717) is 30.5 Å². The van der Waals surface area contributed by atoms with Gasteiger partial charge in [-0.2, -0.15) is 9.29 Å². The minimum atomic E-state index is -3.51. The fraction of sp³-hybridized carbons (Fsp3) is 0.250. The van der Waals surface area contributed by atoms with E-state index in [-0.39, 0.29) is 4.90 Å². The third-order valence-corrected chi connectivity index (χ3v) is 7.79. The molecular weight excluding hydrogens is 438 g/mol. The summed E-state index contributed by atoms with van der Waals surface area (Å²) in [5.41, 5.74) is 2.58. The molecule has 170 valence electrons. The van der Waals surface area contributed by atoms with Gasteiger partial charge in [-0.05, 0) is 61.7 Å². The van der Waals surface area contributed by atoms with Crippen molar-refractivity contribution >= 4 is 33.2 Å². The van der Waals surface area contributed by atoms with Crippen LogP contribution in [0.3, 0.4) is 0 Å². The van der Waals surface area contributed by atoms with E-state index in [1.54, 1.807) is 36.5 Å². The first-order valence-corrected chi connectivity index (χ1v) is 12.4. The van der Waals surface area contributed by atoms with Crippen LogP contribution in [0.1, 0.15) is 18.4 Å². The van der Waals surface area contributed by atoms with Gasteiger partial charge in [0.1, 0.15) is 11.6 Å². The number of sulfonamides is 1. The Bertz CT molecular complexity index is 1290. The topological polar surface area (TPSA) is 98.7 Å². The van der Waals surface area contributed by atoms with Crippen LogP contribution in [-0.4, -0.2) is 47.4 Å². The number of hydrogen-bond acceptors (Lipinski definition) is 7. The van der Waals surface area contributed by atoms with E-state index in [9.17, 15) is 13.5 Å². The number of anilines is 4. The molecule has 0 saturated heterocycles. The second-order valence-electron chi connectivity index (χ2n) is 8.04. The van der Waals surface area contributed by atoms with Crippen LogP contribution in [-0.2, 0) is 16.4 Å². The molecule has 0 saturated carbocycles. The zero-order valence-electron chi connectivity index (χ0n) is 18.1. The number of benzene rings is 2. The molecule has 2 aliphatic heterocycles. The molecule has 1 aromatic heterocycles. The van der Waals surface area contributed by atoms with Gasteiger partial charge in [-0.3, -0.25) is 0 Å². The Balaban J connectivity index is 1.35. The molecule has 0 aliphatic carbocycles. The monoisotopic (exact) mass is 463 g/mol. The summed E-state index contributed by atoms with van der Waals surface area (Å²) in [5, 5.41) is 13.4. The minimum absolute atomic E-state index is 0.266. The van der Waals surface area contributed by atoms with Crippen LogP contribution in [0.15, 0.2) is 71.8 Å². The Labute approximate surface area is 193 Å². The normalized spacial score (nSPS) is 16.4. The Hall–Kier alpha value is -3.43.